The number of hydrogen-bond acceptors (Lipinski definition) is 2. The first-order valence-corrected chi connectivity index (χ1v) is 5.05. The molecule has 0 bridgehead atoms. The first kappa shape index (κ1) is 10.0. The maximum absolute atomic E-state index is 9.59. The van der Waals surface area contributed by atoms with Crippen LogP contribution in [0, 0.1) is 0 Å². The van der Waals surface area contributed by atoms with E-state index in [-0.39, 0.29) is 11.8 Å². The van der Waals surface area contributed by atoms with Crippen molar-refractivity contribution in [3.63, 3.8) is 0 Å². The molecule has 0 amide bonds. The van der Waals surface area contributed by atoms with Crippen molar-refractivity contribution in [2.24, 2.45) is 5.73 Å². The molecule has 66 valence electrons. The summed E-state index contributed by atoms with van der Waals surface area (Å²) in [6.45, 7) is 1.83. The number of phenolic OH excluding ortho intramolecular Hbond substituents is 1. The first-order chi connectivity index (χ1) is 5.54. The van der Waals surface area contributed by atoms with E-state index >= 15 is 0 Å². The van der Waals surface area contributed by atoms with Gasteiger partial charge in [0.05, 0.1) is 4.47 Å². The SMILES string of the molecule is C[C@H](N)c1c(Br)ccc(Br)c1O. The maximum atomic E-state index is 9.59. The second-order valence-electron chi connectivity index (χ2n) is 2.58. The molecule has 0 saturated carbocycles. The molecule has 0 aromatic heterocycles. The zero-order valence-corrected chi connectivity index (χ0v) is 9.68. The highest BCUT2D eigenvalue weighted by molar-refractivity contribution is 9.11. The number of rotatable bonds is 1. The fraction of sp³-hybridized carbons (Fsp3) is 0.250. The lowest BCUT2D eigenvalue weighted by Crippen LogP contribution is -2.06. The Hall–Kier alpha value is -0.0600. The summed E-state index contributed by atoms with van der Waals surface area (Å²) < 4.78 is 1.50. The fourth-order valence-corrected chi connectivity index (χ4v) is 2.02. The minimum Gasteiger partial charge on any atom is -0.506 e. The molecule has 12 heavy (non-hydrogen) atoms. The first-order valence-electron chi connectivity index (χ1n) is 3.46. The molecule has 0 fully saturated rings. The molecule has 0 saturated heterocycles. The largest absolute Gasteiger partial charge is 0.506 e. The van der Waals surface area contributed by atoms with Gasteiger partial charge in [-0.3, -0.25) is 0 Å². The average Bonchev–Trinajstić information content (AvgIpc) is 1.97. The van der Waals surface area contributed by atoms with Gasteiger partial charge in [-0.05, 0) is 35.0 Å². The molecular formula is C8H9Br2NO. The van der Waals surface area contributed by atoms with Gasteiger partial charge in [-0.25, -0.2) is 0 Å². The zero-order valence-electron chi connectivity index (χ0n) is 6.51. The fourth-order valence-electron chi connectivity index (χ4n) is 0.990. The highest BCUT2D eigenvalue weighted by Crippen LogP contribution is 2.36. The van der Waals surface area contributed by atoms with Crippen molar-refractivity contribution < 1.29 is 5.11 Å². The number of aromatic hydroxyl groups is 1. The van der Waals surface area contributed by atoms with Crippen molar-refractivity contribution in [2.75, 3.05) is 0 Å². The van der Waals surface area contributed by atoms with Crippen molar-refractivity contribution >= 4 is 31.9 Å². The lowest BCUT2D eigenvalue weighted by Gasteiger charge is -2.11. The van der Waals surface area contributed by atoms with Gasteiger partial charge in [-0.15, -0.1) is 0 Å². The van der Waals surface area contributed by atoms with Crippen LogP contribution < -0.4 is 5.73 Å². The Morgan fingerprint density at radius 2 is 1.83 bits per heavy atom. The third kappa shape index (κ3) is 1.81. The van der Waals surface area contributed by atoms with Crippen molar-refractivity contribution in [1.29, 1.82) is 0 Å². The summed E-state index contributed by atoms with van der Waals surface area (Å²) in [5, 5.41) is 9.59. The van der Waals surface area contributed by atoms with E-state index in [1.807, 2.05) is 13.0 Å². The smallest absolute Gasteiger partial charge is 0.135 e. The van der Waals surface area contributed by atoms with E-state index in [1.54, 1.807) is 6.07 Å². The minimum absolute atomic E-state index is 0.183. The van der Waals surface area contributed by atoms with Crippen LogP contribution >= 0.6 is 31.9 Å². The van der Waals surface area contributed by atoms with E-state index in [0.29, 0.717) is 4.47 Å². The van der Waals surface area contributed by atoms with Gasteiger partial charge < -0.3 is 10.8 Å². The van der Waals surface area contributed by atoms with Crippen LogP contribution in [-0.4, -0.2) is 5.11 Å². The summed E-state index contributed by atoms with van der Waals surface area (Å²) in [5.41, 5.74) is 6.40. The number of benzene rings is 1. The molecule has 4 heteroatoms. The summed E-state index contributed by atoms with van der Waals surface area (Å²) >= 11 is 6.54. The van der Waals surface area contributed by atoms with Crippen LogP contribution in [0.5, 0.6) is 5.75 Å². The van der Waals surface area contributed by atoms with Gasteiger partial charge in [0, 0.05) is 16.1 Å². The lowest BCUT2D eigenvalue weighted by atomic mass is 10.1. The molecular weight excluding hydrogens is 286 g/mol. The topological polar surface area (TPSA) is 46.2 Å². The Balaban J connectivity index is 3.33. The van der Waals surface area contributed by atoms with Gasteiger partial charge in [-0.2, -0.15) is 0 Å². The van der Waals surface area contributed by atoms with Gasteiger partial charge in [0.15, 0.2) is 0 Å². The van der Waals surface area contributed by atoms with E-state index in [2.05, 4.69) is 31.9 Å². The molecule has 0 radical (unpaired) electrons. The van der Waals surface area contributed by atoms with Crippen LogP contribution in [0.1, 0.15) is 18.5 Å². The summed E-state index contributed by atoms with van der Waals surface area (Å²) in [7, 11) is 0. The molecule has 2 nitrogen and oxygen atoms in total. The Labute approximate surface area is 88.0 Å². The molecule has 0 aliphatic heterocycles. The molecule has 1 aromatic rings. The molecule has 0 aliphatic carbocycles. The molecule has 0 heterocycles. The Bertz CT molecular complexity index is 299. The van der Waals surface area contributed by atoms with E-state index in [4.69, 9.17) is 5.73 Å². The highest BCUT2D eigenvalue weighted by atomic mass is 79.9. The monoisotopic (exact) mass is 293 g/mol. The van der Waals surface area contributed by atoms with E-state index in [0.717, 1.165) is 10.0 Å². The van der Waals surface area contributed by atoms with E-state index in [1.165, 1.54) is 0 Å². The normalized spacial score (nSPS) is 13.0. The van der Waals surface area contributed by atoms with Gasteiger partial charge in [-0.1, -0.05) is 15.9 Å². The highest BCUT2D eigenvalue weighted by Gasteiger charge is 2.12. The number of halogens is 2. The van der Waals surface area contributed by atoms with Gasteiger partial charge in [0.2, 0.25) is 0 Å². The molecule has 0 aliphatic rings. The second kappa shape index (κ2) is 3.77. The average molecular weight is 295 g/mol. The predicted molar refractivity (Wildman–Crippen MR) is 56.1 cm³/mol. The van der Waals surface area contributed by atoms with E-state index in [9.17, 15) is 5.11 Å². The number of hydrogen-bond donors (Lipinski definition) is 2. The predicted octanol–water partition coefficient (Wildman–Crippen LogP) is 2.94. The van der Waals surface area contributed by atoms with Crippen LogP contribution in [0.4, 0.5) is 0 Å². The van der Waals surface area contributed by atoms with Crippen molar-refractivity contribution in [3.8, 4) is 5.75 Å². The van der Waals surface area contributed by atoms with Crippen molar-refractivity contribution in [2.45, 2.75) is 13.0 Å². The van der Waals surface area contributed by atoms with Crippen LogP contribution in [0.2, 0.25) is 0 Å². The third-order valence-electron chi connectivity index (χ3n) is 1.57. The standard InChI is InChI=1S/C8H9Br2NO/c1-4(11)7-5(9)2-3-6(10)8(7)12/h2-4,12H,11H2,1H3/t4-/m0/s1. The van der Waals surface area contributed by atoms with Crippen molar-refractivity contribution in [1.82, 2.24) is 0 Å². The Morgan fingerprint density at radius 3 is 2.25 bits per heavy atom. The third-order valence-corrected chi connectivity index (χ3v) is 2.90. The summed E-state index contributed by atoms with van der Waals surface area (Å²) in [5.74, 6) is 0.208. The number of nitrogens with two attached hydrogens (primary N) is 1. The molecule has 0 spiro atoms. The summed E-state index contributed by atoms with van der Waals surface area (Å²) in [6, 6.07) is 3.44. The Kier molecular flexibility index (Phi) is 3.15. The maximum Gasteiger partial charge on any atom is 0.135 e. The van der Waals surface area contributed by atoms with Crippen molar-refractivity contribution in [3.05, 3.63) is 26.6 Å². The van der Waals surface area contributed by atoms with Crippen LogP contribution in [0.15, 0.2) is 21.1 Å². The summed E-state index contributed by atoms with van der Waals surface area (Å²) in [4.78, 5) is 0. The lowest BCUT2D eigenvalue weighted by molar-refractivity contribution is 0.459. The van der Waals surface area contributed by atoms with E-state index < -0.39 is 0 Å². The zero-order chi connectivity index (χ0) is 9.30. The molecule has 1 atom stereocenters. The molecule has 0 unspecified atom stereocenters. The van der Waals surface area contributed by atoms with Gasteiger partial charge >= 0.3 is 0 Å². The van der Waals surface area contributed by atoms with Gasteiger partial charge in [0.25, 0.3) is 0 Å². The molecule has 1 rings (SSSR count). The van der Waals surface area contributed by atoms with Crippen LogP contribution in [0.3, 0.4) is 0 Å². The second-order valence-corrected chi connectivity index (χ2v) is 4.29. The van der Waals surface area contributed by atoms with Crippen LogP contribution in [0.25, 0.3) is 0 Å². The quantitative estimate of drug-likeness (QED) is 0.836. The number of phenols is 1. The minimum atomic E-state index is -0.183. The molecule has 1 aromatic carbocycles. The van der Waals surface area contributed by atoms with Crippen LogP contribution in [-0.2, 0) is 0 Å². The Morgan fingerprint density at radius 1 is 1.33 bits per heavy atom. The van der Waals surface area contributed by atoms with Gasteiger partial charge in [0.1, 0.15) is 5.75 Å². The summed E-state index contributed by atoms with van der Waals surface area (Å²) in [6.07, 6.45) is 0. The molecule has 3 N–H and O–H groups in total.